The molecule has 8 heteroatoms. The zero-order valence-electron chi connectivity index (χ0n) is 12.2. The molecule has 1 aromatic carbocycles. The summed E-state index contributed by atoms with van der Waals surface area (Å²) in [4.78, 5) is 29.4. The number of benzene rings is 1. The lowest BCUT2D eigenvalue weighted by Crippen LogP contribution is -2.46. The number of halogens is 1. The molecule has 4 N–H and O–H groups in total. The molecular weight excluding hydrogens is 306 g/mol. The summed E-state index contributed by atoms with van der Waals surface area (Å²) in [5.74, 6) is -0.754. The Bertz CT molecular complexity index is 611. The normalized spacial score (nSPS) is 15.5. The van der Waals surface area contributed by atoms with E-state index in [9.17, 15) is 9.59 Å². The Morgan fingerprint density at radius 2 is 2.05 bits per heavy atom. The van der Waals surface area contributed by atoms with Crippen molar-refractivity contribution in [1.82, 2.24) is 10.2 Å². The fourth-order valence-electron chi connectivity index (χ4n) is 2.10. The number of carbonyl (C=O) groups excluding carboxylic acids is 2. The lowest BCUT2D eigenvalue weighted by atomic mass is 10.1. The van der Waals surface area contributed by atoms with Crippen LogP contribution in [0.4, 0.5) is 5.69 Å². The van der Waals surface area contributed by atoms with Crippen molar-refractivity contribution in [3.63, 3.8) is 0 Å². The minimum atomic E-state index is -0.514. The van der Waals surface area contributed by atoms with Gasteiger partial charge in [0.2, 0.25) is 0 Å². The number of amides is 2. The highest BCUT2D eigenvalue weighted by Gasteiger charge is 2.20. The molecule has 0 radical (unpaired) electrons. The molecule has 22 heavy (non-hydrogen) atoms. The number of piperazine rings is 1. The number of nitrogens with two attached hydrogens (primary N) is 1. The Hall–Kier alpha value is -2.12. The molecule has 0 aromatic heterocycles. The van der Waals surface area contributed by atoms with Crippen molar-refractivity contribution < 1.29 is 9.59 Å². The van der Waals surface area contributed by atoms with Gasteiger partial charge in [0.15, 0.2) is 5.84 Å². The minimum Gasteiger partial charge on any atom is -0.379 e. The number of hydrogen-bond donors (Lipinski definition) is 3. The third kappa shape index (κ3) is 3.75. The van der Waals surface area contributed by atoms with Crippen LogP contribution in [-0.2, 0) is 4.79 Å². The first-order chi connectivity index (χ1) is 10.5. The molecule has 118 valence electrons. The van der Waals surface area contributed by atoms with Gasteiger partial charge in [-0.25, -0.2) is 0 Å². The van der Waals surface area contributed by atoms with E-state index in [4.69, 9.17) is 17.3 Å². The Balaban J connectivity index is 2.12. The average molecular weight is 324 g/mol. The van der Waals surface area contributed by atoms with Crippen LogP contribution < -0.4 is 16.4 Å². The molecule has 1 fully saturated rings. The lowest BCUT2D eigenvalue weighted by molar-refractivity contribution is -0.110. The molecule has 0 atom stereocenters. The average Bonchev–Trinajstić information content (AvgIpc) is 2.54. The van der Waals surface area contributed by atoms with Crippen LogP contribution in [0.15, 0.2) is 23.2 Å². The van der Waals surface area contributed by atoms with Gasteiger partial charge in [0.25, 0.3) is 11.8 Å². The molecule has 2 rings (SSSR count). The van der Waals surface area contributed by atoms with E-state index in [2.05, 4.69) is 15.6 Å². The number of hydrogen-bond acceptors (Lipinski definition) is 4. The Morgan fingerprint density at radius 1 is 1.36 bits per heavy atom. The molecule has 0 saturated carbocycles. The summed E-state index contributed by atoms with van der Waals surface area (Å²) < 4.78 is 0. The van der Waals surface area contributed by atoms with Gasteiger partial charge in [0.05, 0.1) is 10.6 Å². The quantitative estimate of drug-likeness (QED) is 0.539. The van der Waals surface area contributed by atoms with Crippen molar-refractivity contribution in [2.45, 2.75) is 0 Å². The van der Waals surface area contributed by atoms with Crippen LogP contribution in [-0.4, -0.2) is 55.8 Å². The summed E-state index contributed by atoms with van der Waals surface area (Å²) in [5.41, 5.74) is 6.29. The second-order valence-corrected chi connectivity index (χ2v) is 5.21. The fraction of sp³-hybridized carbons (Fsp3) is 0.357. The summed E-state index contributed by atoms with van der Waals surface area (Å²) in [7, 11) is 1.43. The smallest absolute Gasteiger partial charge is 0.290 e. The van der Waals surface area contributed by atoms with Crippen molar-refractivity contribution in [2.24, 2.45) is 10.7 Å². The molecule has 1 saturated heterocycles. The zero-order chi connectivity index (χ0) is 16.1. The maximum atomic E-state index is 12.4. The fourth-order valence-corrected chi connectivity index (χ4v) is 2.36. The zero-order valence-corrected chi connectivity index (χ0v) is 13.0. The van der Waals surface area contributed by atoms with Crippen LogP contribution in [0.2, 0.25) is 5.02 Å². The number of anilines is 1. The minimum absolute atomic E-state index is 0.112. The van der Waals surface area contributed by atoms with Gasteiger partial charge in [-0.05, 0) is 18.2 Å². The molecule has 7 nitrogen and oxygen atoms in total. The number of amidine groups is 1. The van der Waals surface area contributed by atoms with Gasteiger partial charge in [-0.1, -0.05) is 11.6 Å². The van der Waals surface area contributed by atoms with Crippen molar-refractivity contribution in [2.75, 3.05) is 38.5 Å². The molecule has 1 aliphatic rings. The van der Waals surface area contributed by atoms with Gasteiger partial charge in [0.1, 0.15) is 0 Å². The third-order valence-electron chi connectivity index (χ3n) is 3.34. The van der Waals surface area contributed by atoms with Gasteiger partial charge in [-0.15, -0.1) is 0 Å². The van der Waals surface area contributed by atoms with Gasteiger partial charge < -0.3 is 21.3 Å². The molecule has 0 spiro atoms. The molecule has 0 aliphatic carbocycles. The molecule has 0 bridgehead atoms. The molecule has 1 aromatic rings. The van der Waals surface area contributed by atoms with Gasteiger partial charge in [0, 0.05) is 38.9 Å². The summed E-state index contributed by atoms with van der Waals surface area (Å²) >= 11 is 6.16. The number of carbonyl (C=O) groups is 2. The molecule has 0 unspecified atom stereocenters. The monoisotopic (exact) mass is 323 g/mol. The summed E-state index contributed by atoms with van der Waals surface area (Å²) in [6, 6.07) is 4.74. The first-order valence-electron chi connectivity index (χ1n) is 6.86. The van der Waals surface area contributed by atoms with E-state index < -0.39 is 5.91 Å². The Labute approximate surface area is 133 Å². The molecular formula is C14H18ClN5O2. The highest BCUT2D eigenvalue weighted by molar-refractivity contribution is 6.41. The van der Waals surface area contributed by atoms with Crippen molar-refractivity contribution >= 4 is 34.9 Å². The molecule has 1 aliphatic heterocycles. The number of nitrogens with one attached hydrogen (secondary N) is 2. The summed E-state index contributed by atoms with van der Waals surface area (Å²) in [6.45, 7) is 2.84. The Morgan fingerprint density at radius 3 is 2.64 bits per heavy atom. The second kappa shape index (κ2) is 7.24. The molecule has 1 heterocycles. The van der Waals surface area contributed by atoms with Gasteiger partial charge >= 0.3 is 0 Å². The highest BCUT2D eigenvalue weighted by atomic mass is 35.5. The van der Waals surface area contributed by atoms with Crippen molar-refractivity contribution in [3.05, 3.63) is 28.8 Å². The van der Waals surface area contributed by atoms with Crippen LogP contribution in [0.1, 0.15) is 10.4 Å². The van der Waals surface area contributed by atoms with Gasteiger partial charge in [-0.2, -0.15) is 0 Å². The van der Waals surface area contributed by atoms with E-state index in [0.29, 0.717) is 24.3 Å². The predicted molar refractivity (Wildman–Crippen MR) is 86.4 cm³/mol. The van der Waals surface area contributed by atoms with Crippen LogP contribution in [0.5, 0.6) is 0 Å². The van der Waals surface area contributed by atoms with E-state index in [1.807, 2.05) is 0 Å². The maximum Gasteiger partial charge on any atom is 0.290 e. The SMILES string of the molecule is CN=C(N)C(=O)Nc1ccc(C(=O)N2CCNCC2)c(Cl)c1. The number of rotatable bonds is 2. The topological polar surface area (TPSA) is 99.8 Å². The van der Waals surface area contributed by atoms with E-state index in [1.54, 1.807) is 17.0 Å². The largest absolute Gasteiger partial charge is 0.379 e. The van der Waals surface area contributed by atoms with E-state index in [0.717, 1.165) is 13.1 Å². The summed E-state index contributed by atoms with van der Waals surface area (Å²) in [5, 5.41) is 6.04. The summed E-state index contributed by atoms with van der Waals surface area (Å²) in [6.07, 6.45) is 0. The Kier molecular flexibility index (Phi) is 5.35. The van der Waals surface area contributed by atoms with Crippen LogP contribution in [0, 0.1) is 0 Å². The number of nitrogens with zero attached hydrogens (tertiary/aromatic N) is 2. The van der Waals surface area contributed by atoms with Crippen LogP contribution in [0.3, 0.4) is 0 Å². The van der Waals surface area contributed by atoms with Crippen LogP contribution in [0.25, 0.3) is 0 Å². The standard InChI is InChI=1S/C14H18ClN5O2/c1-17-12(16)13(21)19-9-2-3-10(11(15)8-9)14(22)20-6-4-18-5-7-20/h2-3,8,18H,4-7H2,1H3,(H2,16,17)(H,19,21). The van der Waals surface area contributed by atoms with E-state index in [-0.39, 0.29) is 16.8 Å². The number of aliphatic imine (C=N–C) groups is 1. The first kappa shape index (κ1) is 16.3. The third-order valence-corrected chi connectivity index (χ3v) is 3.65. The van der Waals surface area contributed by atoms with E-state index in [1.165, 1.54) is 13.1 Å². The van der Waals surface area contributed by atoms with Crippen LogP contribution >= 0.6 is 11.6 Å². The van der Waals surface area contributed by atoms with Crippen molar-refractivity contribution in [3.8, 4) is 0 Å². The second-order valence-electron chi connectivity index (χ2n) is 4.80. The van der Waals surface area contributed by atoms with Crippen molar-refractivity contribution in [1.29, 1.82) is 0 Å². The van der Waals surface area contributed by atoms with E-state index >= 15 is 0 Å². The van der Waals surface area contributed by atoms with Gasteiger partial charge in [-0.3, -0.25) is 14.6 Å². The first-order valence-corrected chi connectivity index (χ1v) is 7.24. The molecule has 2 amide bonds. The maximum absolute atomic E-state index is 12.4. The lowest BCUT2D eigenvalue weighted by Gasteiger charge is -2.27. The predicted octanol–water partition coefficient (Wildman–Crippen LogP) is 0.311. The highest BCUT2D eigenvalue weighted by Crippen LogP contribution is 2.22.